The predicted molar refractivity (Wildman–Crippen MR) is 120 cm³/mol. The first kappa shape index (κ1) is 23.4. The van der Waals surface area contributed by atoms with E-state index >= 15 is 0 Å². The number of carbonyl (C=O) groups excluding carboxylic acids is 2. The van der Waals surface area contributed by atoms with Crippen LogP contribution >= 0.6 is 11.6 Å². The molecule has 2 N–H and O–H groups in total. The number of nitro benzene ring substituents is 1. The maximum atomic E-state index is 13.0. The van der Waals surface area contributed by atoms with Crippen LogP contribution < -0.4 is 15.5 Å². The van der Waals surface area contributed by atoms with Crippen molar-refractivity contribution in [3.63, 3.8) is 0 Å². The lowest BCUT2D eigenvalue weighted by Crippen LogP contribution is -2.20. The van der Waals surface area contributed by atoms with E-state index < -0.39 is 22.6 Å². The fourth-order valence-corrected chi connectivity index (χ4v) is 2.77. The Kier molecular flexibility index (Phi) is 7.66. The van der Waals surface area contributed by atoms with Gasteiger partial charge in [-0.2, -0.15) is 5.10 Å². The molecule has 0 unspecified atom stereocenters. The van der Waals surface area contributed by atoms with E-state index in [0.717, 1.165) is 0 Å². The van der Waals surface area contributed by atoms with Crippen molar-refractivity contribution in [3.05, 3.63) is 98.8 Å². The topological polar surface area (TPSA) is 123 Å². The lowest BCUT2D eigenvalue weighted by molar-refractivity contribution is -0.384. The van der Waals surface area contributed by atoms with Gasteiger partial charge in [0, 0.05) is 34.0 Å². The smallest absolute Gasteiger partial charge is 0.271 e. The number of hydrogen-bond acceptors (Lipinski definition) is 6. The summed E-state index contributed by atoms with van der Waals surface area (Å²) in [5.41, 5.74) is 3.14. The number of halogens is 2. The molecule has 0 heterocycles. The van der Waals surface area contributed by atoms with E-state index in [1.807, 2.05) is 0 Å². The zero-order valence-corrected chi connectivity index (χ0v) is 17.6. The number of amides is 2. The Labute approximate surface area is 192 Å². The predicted octanol–water partition coefficient (Wildman–Crippen LogP) is 4.17. The number of hydrazone groups is 1. The zero-order valence-electron chi connectivity index (χ0n) is 16.8. The molecule has 0 spiro atoms. The third kappa shape index (κ3) is 6.84. The molecule has 9 nitrogen and oxygen atoms in total. The Morgan fingerprint density at radius 1 is 1.09 bits per heavy atom. The molecular weight excluding hydrogens is 455 g/mol. The number of benzene rings is 3. The summed E-state index contributed by atoms with van der Waals surface area (Å²) in [6, 6.07) is 14.9. The molecule has 0 fully saturated rings. The van der Waals surface area contributed by atoms with Gasteiger partial charge in [0.2, 0.25) is 0 Å². The van der Waals surface area contributed by atoms with Crippen LogP contribution in [0.3, 0.4) is 0 Å². The van der Waals surface area contributed by atoms with Crippen LogP contribution in [-0.2, 0) is 4.79 Å². The van der Waals surface area contributed by atoms with Gasteiger partial charge < -0.3 is 10.1 Å². The standard InChI is InChI=1S/C22H16ClFN4O5/c23-16-3-10-20(33-13-21(29)26-18-6-4-17(24)5-7-18)15(11-16)12-25-27-22(30)14-1-8-19(9-2-14)28(31)32/h1-12H,13H2,(H,26,29)(H,27,30)/b25-12+. The van der Waals surface area contributed by atoms with Crippen molar-refractivity contribution < 1.29 is 23.6 Å². The molecule has 3 aromatic carbocycles. The molecule has 3 aromatic rings. The minimum absolute atomic E-state index is 0.140. The van der Waals surface area contributed by atoms with Gasteiger partial charge in [0.1, 0.15) is 11.6 Å². The summed E-state index contributed by atoms with van der Waals surface area (Å²) < 4.78 is 18.5. The number of carbonyl (C=O) groups is 2. The third-order valence-corrected chi connectivity index (χ3v) is 4.40. The number of anilines is 1. The number of ether oxygens (including phenoxy) is 1. The van der Waals surface area contributed by atoms with Crippen LogP contribution in [0.4, 0.5) is 15.8 Å². The van der Waals surface area contributed by atoms with Crippen LogP contribution in [0.1, 0.15) is 15.9 Å². The summed E-state index contributed by atoms with van der Waals surface area (Å²) in [6.45, 7) is -0.338. The molecule has 168 valence electrons. The van der Waals surface area contributed by atoms with E-state index in [9.17, 15) is 24.1 Å². The van der Waals surface area contributed by atoms with Crippen LogP contribution in [-0.4, -0.2) is 29.6 Å². The maximum absolute atomic E-state index is 13.0. The van der Waals surface area contributed by atoms with Crippen molar-refractivity contribution in [2.75, 3.05) is 11.9 Å². The number of non-ortho nitro benzene ring substituents is 1. The number of hydrogen-bond donors (Lipinski definition) is 2. The monoisotopic (exact) mass is 470 g/mol. The van der Waals surface area contributed by atoms with Gasteiger partial charge in [0.25, 0.3) is 17.5 Å². The zero-order chi connectivity index (χ0) is 23.8. The van der Waals surface area contributed by atoms with Gasteiger partial charge in [-0.3, -0.25) is 19.7 Å². The molecule has 3 rings (SSSR count). The second-order valence-electron chi connectivity index (χ2n) is 6.53. The highest BCUT2D eigenvalue weighted by Crippen LogP contribution is 2.21. The molecule has 0 aliphatic heterocycles. The molecular formula is C22H16ClFN4O5. The van der Waals surface area contributed by atoms with Gasteiger partial charge in [-0.15, -0.1) is 0 Å². The second kappa shape index (κ2) is 10.8. The van der Waals surface area contributed by atoms with Crippen molar-refractivity contribution in [2.24, 2.45) is 5.10 Å². The fraction of sp³-hybridized carbons (Fsp3) is 0.0455. The van der Waals surface area contributed by atoms with Crippen molar-refractivity contribution >= 4 is 41.0 Å². The summed E-state index contributed by atoms with van der Waals surface area (Å²) in [7, 11) is 0. The number of rotatable bonds is 8. The molecule has 0 radical (unpaired) electrons. The van der Waals surface area contributed by atoms with Crippen LogP contribution in [0.25, 0.3) is 0 Å². The normalized spacial score (nSPS) is 10.6. The van der Waals surface area contributed by atoms with E-state index in [0.29, 0.717) is 16.3 Å². The van der Waals surface area contributed by atoms with Crippen LogP contribution in [0.15, 0.2) is 71.8 Å². The first-order valence-electron chi connectivity index (χ1n) is 9.37. The first-order chi connectivity index (χ1) is 15.8. The molecule has 0 atom stereocenters. The summed E-state index contributed by atoms with van der Waals surface area (Å²) in [5, 5.41) is 17.5. The summed E-state index contributed by atoms with van der Waals surface area (Å²) >= 11 is 6.01. The number of nitrogens with zero attached hydrogens (tertiary/aromatic N) is 2. The van der Waals surface area contributed by atoms with E-state index in [4.69, 9.17) is 16.3 Å². The Morgan fingerprint density at radius 3 is 2.45 bits per heavy atom. The van der Waals surface area contributed by atoms with Gasteiger partial charge in [-0.05, 0) is 54.6 Å². The van der Waals surface area contributed by atoms with Crippen molar-refractivity contribution in [1.29, 1.82) is 0 Å². The lowest BCUT2D eigenvalue weighted by Gasteiger charge is -2.10. The molecule has 0 aliphatic rings. The number of nitro groups is 1. The largest absolute Gasteiger partial charge is 0.483 e. The lowest BCUT2D eigenvalue weighted by atomic mass is 10.2. The highest BCUT2D eigenvalue weighted by atomic mass is 35.5. The van der Waals surface area contributed by atoms with Crippen LogP contribution in [0.2, 0.25) is 5.02 Å². The molecule has 2 amide bonds. The van der Waals surface area contributed by atoms with Gasteiger partial charge >= 0.3 is 0 Å². The van der Waals surface area contributed by atoms with E-state index in [-0.39, 0.29) is 23.6 Å². The minimum Gasteiger partial charge on any atom is -0.483 e. The molecule has 0 bridgehead atoms. The summed E-state index contributed by atoms with van der Waals surface area (Å²) in [5.74, 6) is -1.19. The van der Waals surface area contributed by atoms with E-state index in [1.165, 1.54) is 66.9 Å². The van der Waals surface area contributed by atoms with Gasteiger partial charge in [-0.1, -0.05) is 11.6 Å². The Morgan fingerprint density at radius 2 is 1.79 bits per heavy atom. The maximum Gasteiger partial charge on any atom is 0.271 e. The fourth-order valence-electron chi connectivity index (χ4n) is 2.58. The average Bonchev–Trinajstić information content (AvgIpc) is 2.80. The highest BCUT2D eigenvalue weighted by molar-refractivity contribution is 6.30. The molecule has 0 aromatic heterocycles. The third-order valence-electron chi connectivity index (χ3n) is 4.17. The minimum atomic E-state index is -0.579. The molecule has 0 saturated carbocycles. The van der Waals surface area contributed by atoms with Gasteiger partial charge in [0.15, 0.2) is 6.61 Å². The Bertz CT molecular complexity index is 1200. The van der Waals surface area contributed by atoms with Crippen molar-refractivity contribution in [2.45, 2.75) is 0 Å². The van der Waals surface area contributed by atoms with Crippen LogP contribution in [0.5, 0.6) is 5.75 Å². The SMILES string of the molecule is O=C(COc1ccc(Cl)cc1/C=N/NC(=O)c1ccc([N+](=O)[O-])cc1)Nc1ccc(F)cc1. The van der Waals surface area contributed by atoms with Crippen molar-refractivity contribution in [1.82, 2.24) is 5.43 Å². The van der Waals surface area contributed by atoms with E-state index in [2.05, 4.69) is 15.8 Å². The summed E-state index contributed by atoms with van der Waals surface area (Å²) in [4.78, 5) is 34.4. The first-order valence-corrected chi connectivity index (χ1v) is 9.75. The van der Waals surface area contributed by atoms with Crippen LogP contribution in [0, 0.1) is 15.9 Å². The second-order valence-corrected chi connectivity index (χ2v) is 6.97. The molecule has 0 aliphatic carbocycles. The quantitative estimate of drug-likeness (QED) is 0.290. The molecule has 11 heteroatoms. The number of nitrogens with one attached hydrogen (secondary N) is 2. The van der Waals surface area contributed by atoms with Crippen molar-refractivity contribution in [3.8, 4) is 5.75 Å². The molecule has 33 heavy (non-hydrogen) atoms. The Balaban J connectivity index is 1.61. The summed E-state index contributed by atoms with van der Waals surface area (Å²) in [6.07, 6.45) is 1.28. The molecule has 0 saturated heterocycles. The highest BCUT2D eigenvalue weighted by Gasteiger charge is 2.10. The Hall–Kier alpha value is -4.31. The van der Waals surface area contributed by atoms with Gasteiger partial charge in [-0.25, -0.2) is 9.82 Å². The average molecular weight is 471 g/mol. The van der Waals surface area contributed by atoms with E-state index in [1.54, 1.807) is 6.07 Å². The van der Waals surface area contributed by atoms with Gasteiger partial charge in [0.05, 0.1) is 11.1 Å².